The van der Waals surface area contributed by atoms with Crippen LogP contribution in [0.1, 0.15) is 27.6 Å². The van der Waals surface area contributed by atoms with Crippen LogP contribution >= 0.6 is 11.6 Å². The number of amides is 1. The molecule has 1 unspecified atom stereocenters. The molecule has 0 spiro atoms. The number of para-hydroxylation sites is 1. The molecular weight excluding hydrogens is 393 g/mol. The monoisotopic (exact) mass is 411 g/mol. The second-order valence-corrected chi connectivity index (χ2v) is 7.25. The maximum Gasteiger partial charge on any atom is 0.259 e. The van der Waals surface area contributed by atoms with Crippen LogP contribution in [0.3, 0.4) is 0 Å². The minimum Gasteiger partial charge on any atom is -0.387 e. The molecule has 0 aliphatic carbocycles. The number of aliphatic hydroxyl groups excluding tert-OH is 1. The van der Waals surface area contributed by atoms with E-state index in [1.54, 1.807) is 23.1 Å². The molecule has 5 nitrogen and oxygen atoms in total. The van der Waals surface area contributed by atoms with E-state index >= 15 is 0 Å². The Morgan fingerprint density at radius 2 is 2.07 bits per heavy atom. The van der Waals surface area contributed by atoms with Gasteiger partial charge in [0.25, 0.3) is 5.91 Å². The summed E-state index contributed by atoms with van der Waals surface area (Å²) in [5.41, 5.74) is 3.02. The Hall–Kier alpha value is -2.96. The number of aliphatic hydroxyl groups is 1. The Bertz CT molecular complexity index is 1040. The zero-order valence-corrected chi connectivity index (χ0v) is 16.2. The van der Waals surface area contributed by atoms with Gasteiger partial charge < -0.3 is 15.3 Å². The number of hydrogen-bond donors (Lipinski definition) is 2. The van der Waals surface area contributed by atoms with Crippen LogP contribution in [0, 0.1) is 5.82 Å². The van der Waals surface area contributed by atoms with Gasteiger partial charge in [-0.05, 0) is 47.9 Å². The van der Waals surface area contributed by atoms with Gasteiger partial charge in [-0.15, -0.1) is 0 Å². The van der Waals surface area contributed by atoms with Crippen LogP contribution in [-0.4, -0.2) is 29.1 Å². The SMILES string of the molecule is O=C(c1ccc(NCC(O)c2ccc(Cl)c(F)c2)nc1)N1CCc2ccccc21. The number of benzene rings is 2. The van der Waals surface area contributed by atoms with Crippen molar-refractivity contribution in [1.82, 2.24) is 4.98 Å². The highest BCUT2D eigenvalue weighted by Crippen LogP contribution is 2.29. The lowest BCUT2D eigenvalue weighted by atomic mass is 10.1. The van der Waals surface area contributed by atoms with Crippen LogP contribution in [0.4, 0.5) is 15.9 Å². The lowest BCUT2D eigenvalue weighted by Gasteiger charge is -2.17. The van der Waals surface area contributed by atoms with Gasteiger partial charge >= 0.3 is 0 Å². The minimum absolute atomic E-state index is 0.0106. The Labute approximate surface area is 172 Å². The van der Waals surface area contributed by atoms with Crippen molar-refractivity contribution in [3.8, 4) is 0 Å². The fourth-order valence-corrected chi connectivity index (χ4v) is 3.49. The predicted molar refractivity (Wildman–Crippen MR) is 111 cm³/mol. The summed E-state index contributed by atoms with van der Waals surface area (Å²) in [6.07, 6.45) is 1.43. The third-order valence-electron chi connectivity index (χ3n) is 4.95. The predicted octanol–water partition coefficient (Wildman–Crippen LogP) is 4.22. The average Bonchev–Trinajstić information content (AvgIpc) is 3.18. The molecule has 2 aromatic carbocycles. The number of nitrogens with zero attached hydrogens (tertiary/aromatic N) is 2. The van der Waals surface area contributed by atoms with Crippen LogP contribution < -0.4 is 10.2 Å². The molecule has 0 saturated heterocycles. The molecule has 0 bridgehead atoms. The van der Waals surface area contributed by atoms with Crippen LogP contribution in [0.15, 0.2) is 60.8 Å². The Kier molecular flexibility index (Phi) is 5.47. The molecule has 2 heterocycles. The first-order valence-electron chi connectivity index (χ1n) is 9.25. The Balaban J connectivity index is 1.39. The van der Waals surface area contributed by atoms with E-state index < -0.39 is 11.9 Å². The molecule has 29 heavy (non-hydrogen) atoms. The number of nitrogens with one attached hydrogen (secondary N) is 1. The highest BCUT2D eigenvalue weighted by molar-refractivity contribution is 6.30. The molecule has 1 aromatic heterocycles. The lowest BCUT2D eigenvalue weighted by molar-refractivity contribution is 0.0989. The summed E-state index contributed by atoms with van der Waals surface area (Å²) in [4.78, 5) is 18.8. The molecule has 1 aliphatic heterocycles. The normalized spacial score (nSPS) is 13.8. The molecule has 2 N–H and O–H groups in total. The van der Waals surface area contributed by atoms with Gasteiger partial charge in [-0.3, -0.25) is 4.79 Å². The number of fused-ring (bicyclic) bond motifs is 1. The van der Waals surface area contributed by atoms with E-state index in [1.807, 2.05) is 24.3 Å². The molecule has 148 valence electrons. The van der Waals surface area contributed by atoms with E-state index in [1.165, 1.54) is 23.9 Å². The molecule has 1 aliphatic rings. The van der Waals surface area contributed by atoms with Crippen molar-refractivity contribution >= 4 is 29.0 Å². The highest BCUT2D eigenvalue weighted by atomic mass is 35.5. The Morgan fingerprint density at radius 3 is 2.83 bits per heavy atom. The van der Waals surface area contributed by atoms with Crippen LogP contribution in [0.5, 0.6) is 0 Å². The number of pyridine rings is 1. The highest BCUT2D eigenvalue weighted by Gasteiger charge is 2.25. The summed E-state index contributed by atoms with van der Waals surface area (Å²) >= 11 is 5.66. The van der Waals surface area contributed by atoms with Crippen LogP contribution in [0.25, 0.3) is 0 Å². The van der Waals surface area contributed by atoms with Gasteiger partial charge in [0.15, 0.2) is 0 Å². The number of hydrogen-bond acceptors (Lipinski definition) is 4. The molecule has 1 amide bonds. The van der Waals surface area contributed by atoms with Crippen molar-refractivity contribution in [1.29, 1.82) is 0 Å². The summed E-state index contributed by atoms with van der Waals surface area (Å²) < 4.78 is 13.5. The molecule has 7 heteroatoms. The fraction of sp³-hybridized carbons (Fsp3) is 0.182. The molecule has 3 aromatic rings. The first kappa shape index (κ1) is 19.4. The summed E-state index contributed by atoms with van der Waals surface area (Å²) in [6, 6.07) is 15.5. The van der Waals surface area contributed by atoms with Gasteiger partial charge in [0.05, 0.1) is 16.7 Å². The molecule has 0 fully saturated rings. The van der Waals surface area contributed by atoms with Gasteiger partial charge in [-0.2, -0.15) is 0 Å². The summed E-state index contributed by atoms with van der Waals surface area (Å²) in [5.74, 6) is -0.157. The van der Waals surface area contributed by atoms with Crippen LogP contribution in [0.2, 0.25) is 5.02 Å². The largest absolute Gasteiger partial charge is 0.387 e. The minimum atomic E-state index is -0.925. The van der Waals surface area contributed by atoms with E-state index in [2.05, 4.69) is 10.3 Å². The lowest BCUT2D eigenvalue weighted by Crippen LogP contribution is -2.29. The number of carbonyl (C=O) groups is 1. The topological polar surface area (TPSA) is 65.5 Å². The van der Waals surface area contributed by atoms with Gasteiger partial charge in [-0.1, -0.05) is 35.9 Å². The number of anilines is 2. The van der Waals surface area contributed by atoms with Crippen molar-refractivity contribution in [3.63, 3.8) is 0 Å². The van der Waals surface area contributed by atoms with Crippen molar-refractivity contribution in [2.75, 3.05) is 23.3 Å². The second-order valence-electron chi connectivity index (χ2n) is 6.84. The summed E-state index contributed by atoms with van der Waals surface area (Å²) in [7, 11) is 0. The third kappa shape index (κ3) is 4.09. The number of carbonyl (C=O) groups excluding carboxylic acids is 1. The molecule has 0 saturated carbocycles. The van der Waals surface area contributed by atoms with Gasteiger partial charge in [0.2, 0.25) is 0 Å². The fourth-order valence-electron chi connectivity index (χ4n) is 3.37. The summed E-state index contributed by atoms with van der Waals surface area (Å²) in [5, 5.41) is 13.2. The average molecular weight is 412 g/mol. The first-order valence-corrected chi connectivity index (χ1v) is 9.63. The number of aromatic nitrogens is 1. The van der Waals surface area contributed by atoms with Crippen molar-refractivity contribution in [3.05, 3.63) is 88.3 Å². The zero-order valence-electron chi connectivity index (χ0n) is 15.5. The van der Waals surface area contributed by atoms with E-state index in [-0.39, 0.29) is 17.5 Å². The van der Waals surface area contributed by atoms with Crippen LogP contribution in [-0.2, 0) is 6.42 Å². The maximum atomic E-state index is 13.5. The van der Waals surface area contributed by atoms with E-state index in [4.69, 9.17) is 11.6 Å². The quantitative estimate of drug-likeness (QED) is 0.659. The standard InChI is InChI=1S/C22H19ClFN3O2/c23-17-7-5-15(11-18(17)24)20(28)13-26-21-8-6-16(12-25-21)22(29)27-10-9-14-3-1-2-4-19(14)27/h1-8,11-12,20,28H,9-10,13H2,(H,25,26). The van der Waals surface area contributed by atoms with E-state index in [9.17, 15) is 14.3 Å². The molecule has 0 radical (unpaired) electrons. The van der Waals surface area contributed by atoms with Crippen molar-refractivity contribution in [2.45, 2.75) is 12.5 Å². The van der Waals surface area contributed by atoms with Crippen molar-refractivity contribution in [2.24, 2.45) is 0 Å². The van der Waals surface area contributed by atoms with Gasteiger partial charge in [0.1, 0.15) is 11.6 Å². The smallest absolute Gasteiger partial charge is 0.259 e. The second kappa shape index (κ2) is 8.19. The van der Waals surface area contributed by atoms with E-state index in [0.717, 1.165) is 12.1 Å². The summed E-state index contributed by atoms with van der Waals surface area (Å²) in [6.45, 7) is 0.795. The first-order chi connectivity index (χ1) is 14.0. The maximum absolute atomic E-state index is 13.5. The third-order valence-corrected chi connectivity index (χ3v) is 5.25. The van der Waals surface area contributed by atoms with E-state index in [0.29, 0.717) is 23.5 Å². The molecule has 4 rings (SSSR count). The number of halogens is 2. The Morgan fingerprint density at radius 1 is 1.24 bits per heavy atom. The van der Waals surface area contributed by atoms with Gasteiger partial charge in [-0.25, -0.2) is 9.37 Å². The molecule has 1 atom stereocenters. The number of rotatable bonds is 5. The zero-order chi connectivity index (χ0) is 20.4. The molecular formula is C22H19ClFN3O2. The van der Waals surface area contributed by atoms with Gasteiger partial charge in [0, 0.05) is 25.0 Å². The van der Waals surface area contributed by atoms with Crippen molar-refractivity contribution < 1.29 is 14.3 Å².